The number of amides is 1. The lowest BCUT2D eigenvalue weighted by Crippen LogP contribution is -2.54. The lowest BCUT2D eigenvalue weighted by atomic mass is 9.74. The van der Waals surface area contributed by atoms with Crippen molar-refractivity contribution >= 4 is 23.0 Å². The van der Waals surface area contributed by atoms with Crippen LogP contribution in [-0.4, -0.2) is 32.7 Å². The lowest BCUT2D eigenvalue weighted by molar-refractivity contribution is -0.139. The first-order valence-corrected chi connectivity index (χ1v) is 9.17. The van der Waals surface area contributed by atoms with E-state index in [2.05, 4.69) is 15.5 Å². The Kier molecular flexibility index (Phi) is 4.21. The number of hydrogen-bond donors (Lipinski definition) is 2. The highest BCUT2D eigenvalue weighted by Gasteiger charge is 2.41. The van der Waals surface area contributed by atoms with E-state index in [1.165, 1.54) is 0 Å². The number of aliphatic carboxylic acids is 1. The SMILES string of the molecule is Cc1cc(-c2cc(C(=O)NC3(CC(=O)O)CCC3)c3c(C)noc3n2)c(C)o1. The van der Waals surface area contributed by atoms with Gasteiger partial charge in [-0.05, 0) is 52.2 Å². The highest BCUT2D eigenvalue weighted by atomic mass is 16.5. The fourth-order valence-corrected chi connectivity index (χ4v) is 3.84. The molecule has 0 bridgehead atoms. The summed E-state index contributed by atoms with van der Waals surface area (Å²) in [5.74, 6) is 0.155. The van der Waals surface area contributed by atoms with Crippen molar-refractivity contribution in [2.24, 2.45) is 0 Å². The first-order valence-electron chi connectivity index (χ1n) is 9.17. The van der Waals surface area contributed by atoms with Gasteiger partial charge in [0.1, 0.15) is 11.5 Å². The Labute approximate surface area is 160 Å². The van der Waals surface area contributed by atoms with Crippen molar-refractivity contribution in [2.45, 2.75) is 52.0 Å². The van der Waals surface area contributed by atoms with Crippen LogP contribution in [0.15, 0.2) is 21.1 Å². The molecule has 146 valence electrons. The van der Waals surface area contributed by atoms with Gasteiger partial charge >= 0.3 is 5.97 Å². The minimum absolute atomic E-state index is 0.0948. The Morgan fingerprint density at radius 1 is 1.25 bits per heavy atom. The number of carbonyl (C=O) groups is 2. The van der Waals surface area contributed by atoms with Crippen LogP contribution in [0.3, 0.4) is 0 Å². The van der Waals surface area contributed by atoms with Crippen molar-refractivity contribution in [3.63, 3.8) is 0 Å². The second-order valence-electron chi connectivity index (χ2n) is 7.49. The van der Waals surface area contributed by atoms with E-state index in [0.29, 0.717) is 40.9 Å². The zero-order valence-corrected chi connectivity index (χ0v) is 16.0. The molecule has 1 fully saturated rings. The number of hydrogen-bond acceptors (Lipinski definition) is 6. The molecule has 1 aliphatic rings. The van der Waals surface area contributed by atoms with Crippen LogP contribution in [0.25, 0.3) is 22.4 Å². The molecule has 3 heterocycles. The number of fused-ring (bicyclic) bond motifs is 1. The fraction of sp³-hybridized carbons (Fsp3) is 0.400. The second-order valence-corrected chi connectivity index (χ2v) is 7.49. The molecule has 8 nitrogen and oxygen atoms in total. The number of rotatable bonds is 5. The smallest absolute Gasteiger partial charge is 0.305 e. The van der Waals surface area contributed by atoms with E-state index in [1.54, 1.807) is 13.0 Å². The summed E-state index contributed by atoms with van der Waals surface area (Å²) in [7, 11) is 0. The number of aryl methyl sites for hydroxylation is 3. The van der Waals surface area contributed by atoms with Gasteiger partial charge in [-0.3, -0.25) is 9.59 Å². The van der Waals surface area contributed by atoms with E-state index in [4.69, 9.17) is 8.94 Å². The average molecular weight is 383 g/mol. The van der Waals surface area contributed by atoms with Gasteiger partial charge in [-0.25, -0.2) is 4.98 Å². The summed E-state index contributed by atoms with van der Waals surface area (Å²) in [6.45, 7) is 5.41. The van der Waals surface area contributed by atoms with Gasteiger partial charge in [0.25, 0.3) is 11.6 Å². The molecule has 0 aromatic carbocycles. The Bertz CT molecular complexity index is 1090. The number of pyridine rings is 1. The minimum atomic E-state index is -0.925. The summed E-state index contributed by atoms with van der Waals surface area (Å²) in [6, 6.07) is 3.54. The van der Waals surface area contributed by atoms with Crippen LogP contribution >= 0.6 is 0 Å². The highest BCUT2D eigenvalue weighted by molar-refractivity contribution is 6.07. The predicted octanol–water partition coefficient (Wildman–Crippen LogP) is 3.54. The van der Waals surface area contributed by atoms with E-state index >= 15 is 0 Å². The molecule has 3 aromatic rings. The normalized spacial score (nSPS) is 15.4. The molecule has 0 saturated heterocycles. The van der Waals surface area contributed by atoms with Gasteiger partial charge in [0.2, 0.25) is 0 Å². The van der Waals surface area contributed by atoms with E-state index in [1.807, 2.05) is 19.9 Å². The monoisotopic (exact) mass is 383 g/mol. The topological polar surface area (TPSA) is 118 Å². The van der Waals surface area contributed by atoms with Crippen molar-refractivity contribution in [3.8, 4) is 11.3 Å². The molecule has 1 amide bonds. The standard InChI is InChI=1S/C20H21N3O5/c1-10-7-13(12(3)27-10)15-8-14(17-11(2)23-28-19(17)21-15)18(26)22-20(5-4-6-20)9-16(24)25/h7-8H,4-6,9H2,1-3H3,(H,22,26)(H,24,25). The summed E-state index contributed by atoms with van der Waals surface area (Å²) in [6.07, 6.45) is 2.09. The lowest BCUT2D eigenvalue weighted by Gasteiger charge is -2.41. The van der Waals surface area contributed by atoms with E-state index in [-0.39, 0.29) is 18.0 Å². The molecular weight excluding hydrogens is 362 g/mol. The van der Waals surface area contributed by atoms with Gasteiger partial charge in [0.15, 0.2) is 0 Å². The number of carbonyl (C=O) groups excluding carboxylic acids is 1. The molecule has 4 rings (SSSR count). The van der Waals surface area contributed by atoms with Crippen molar-refractivity contribution < 1.29 is 23.6 Å². The molecule has 28 heavy (non-hydrogen) atoms. The summed E-state index contributed by atoms with van der Waals surface area (Å²) in [4.78, 5) is 28.9. The van der Waals surface area contributed by atoms with Crippen molar-refractivity contribution in [2.75, 3.05) is 0 Å². The number of carboxylic acid groups (broad SMARTS) is 1. The molecule has 3 aromatic heterocycles. The summed E-state index contributed by atoms with van der Waals surface area (Å²) in [5.41, 5.74) is 1.80. The van der Waals surface area contributed by atoms with E-state index < -0.39 is 11.5 Å². The molecule has 8 heteroatoms. The summed E-state index contributed by atoms with van der Waals surface area (Å²) < 4.78 is 10.9. The first-order chi connectivity index (χ1) is 13.3. The number of nitrogens with zero attached hydrogens (tertiary/aromatic N) is 2. The Hall–Kier alpha value is -3.16. The van der Waals surface area contributed by atoms with Crippen LogP contribution in [0.5, 0.6) is 0 Å². The van der Waals surface area contributed by atoms with Crippen molar-refractivity contribution in [3.05, 3.63) is 34.9 Å². The molecule has 2 N–H and O–H groups in total. The molecule has 1 saturated carbocycles. The molecule has 0 aliphatic heterocycles. The molecule has 0 spiro atoms. The molecule has 0 unspecified atom stereocenters. The van der Waals surface area contributed by atoms with E-state index in [9.17, 15) is 14.7 Å². The van der Waals surface area contributed by atoms with Gasteiger partial charge in [0, 0.05) is 5.56 Å². The highest BCUT2D eigenvalue weighted by Crippen LogP contribution is 2.36. The molecule has 1 aliphatic carbocycles. The van der Waals surface area contributed by atoms with Gasteiger partial charge in [0.05, 0.1) is 34.3 Å². The van der Waals surface area contributed by atoms with Crippen LogP contribution in [0.2, 0.25) is 0 Å². The largest absolute Gasteiger partial charge is 0.481 e. The zero-order valence-electron chi connectivity index (χ0n) is 16.0. The van der Waals surface area contributed by atoms with Crippen LogP contribution in [0, 0.1) is 20.8 Å². The van der Waals surface area contributed by atoms with Gasteiger partial charge in [-0.1, -0.05) is 5.16 Å². The quantitative estimate of drug-likeness (QED) is 0.692. The van der Waals surface area contributed by atoms with Gasteiger partial charge in [-0.2, -0.15) is 0 Å². The summed E-state index contributed by atoms with van der Waals surface area (Å²) in [5, 5.41) is 16.6. The maximum absolute atomic E-state index is 13.1. The maximum Gasteiger partial charge on any atom is 0.305 e. The van der Waals surface area contributed by atoms with Crippen LogP contribution in [0.4, 0.5) is 0 Å². The Morgan fingerprint density at radius 3 is 2.57 bits per heavy atom. The third-order valence-corrected chi connectivity index (χ3v) is 5.36. The summed E-state index contributed by atoms with van der Waals surface area (Å²) >= 11 is 0. The fourth-order valence-electron chi connectivity index (χ4n) is 3.84. The van der Waals surface area contributed by atoms with Crippen LogP contribution in [-0.2, 0) is 4.79 Å². The van der Waals surface area contributed by atoms with Crippen LogP contribution in [0.1, 0.15) is 53.3 Å². The van der Waals surface area contributed by atoms with Gasteiger partial charge < -0.3 is 19.4 Å². The average Bonchev–Trinajstić information content (AvgIpc) is 3.13. The Balaban J connectivity index is 1.79. The van der Waals surface area contributed by atoms with Gasteiger partial charge in [-0.15, -0.1) is 0 Å². The third-order valence-electron chi connectivity index (χ3n) is 5.36. The maximum atomic E-state index is 13.1. The van der Waals surface area contributed by atoms with Crippen LogP contribution < -0.4 is 5.32 Å². The number of nitrogens with one attached hydrogen (secondary N) is 1. The zero-order chi connectivity index (χ0) is 20.1. The minimum Gasteiger partial charge on any atom is -0.481 e. The Morgan fingerprint density at radius 2 is 2.00 bits per heavy atom. The predicted molar refractivity (Wildman–Crippen MR) is 100 cm³/mol. The number of carboxylic acids is 1. The van der Waals surface area contributed by atoms with Crippen molar-refractivity contribution in [1.82, 2.24) is 15.5 Å². The first kappa shape index (κ1) is 18.2. The van der Waals surface area contributed by atoms with Crippen molar-refractivity contribution in [1.29, 1.82) is 0 Å². The third kappa shape index (κ3) is 3.04. The second kappa shape index (κ2) is 6.47. The molecule has 0 radical (unpaired) electrons. The molecule has 0 atom stereocenters. The van der Waals surface area contributed by atoms with E-state index in [0.717, 1.165) is 17.7 Å². The number of furan rings is 1. The number of aromatic nitrogens is 2. The molecular formula is C20H21N3O5.